The molecular formula is C10H18O2. The maximum atomic E-state index is 10.5. The molecule has 0 saturated heterocycles. The van der Waals surface area contributed by atoms with Crippen LogP contribution >= 0.6 is 0 Å². The molecule has 0 aromatic heterocycles. The third kappa shape index (κ3) is 5.96. The van der Waals surface area contributed by atoms with Crippen LogP contribution in [0.3, 0.4) is 0 Å². The van der Waals surface area contributed by atoms with Crippen LogP contribution in [-0.4, -0.2) is 12.6 Å². The molecule has 0 aliphatic rings. The Hall–Kier alpha value is -0.790. The van der Waals surface area contributed by atoms with Gasteiger partial charge in [0.15, 0.2) is 0 Å². The van der Waals surface area contributed by atoms with Crippen molar-refractivity contribution in [3.8, 4) is 0 Å². The summed E-state index contributed by atoms with van der Waals surface area (Å²) in [6, 6.07) is 0. The number of allylic oxidation sites excluding steroid dienone is 1. The van der Waals surface area contributed by atoms with Gasteiger partial charge in [-0.2, -0.15) is 0 Å². The van der Waals surface area contributed by atoms with E-state index >= 15 is 0 Å². The molecule has 0 spiro atoms. The third-order valence-corrected chi connectivity index (χ3v) is 1.69. The SMILES string of the molecule is C=CCCC(C)(C)COC(C)=O. The molecule has 0 saturated carbocycles. The number of ether oxygens (including phenoxy) is 1. The van der Waals surface area contributed by atoms with Crippen LogP contribution < -0.4 is 0 Å². The lowest BCUT2D eigenvalue weighted by atomic mass is 9.89. The highest BCUT2D eigenvalue weighted by molar-refractivity contribution is 5.65. The molecule has 0 aliphatic heterocycles. The fourth-order valence-corrected chi connectivity index (χ4v) is 0.862. The summed E-state index contributed by atoms with van der Waals surface area (Å²) in [5.41, 5.74) is 0.0693. The minimum atomic E-state index is -0.207. The van der Waals surface area contributed by atoms with Crippen molar-refractivity contribution in [2.45, 2.75) is 33.6 Å². The summed E-state index contributed by atoms with van der Waals surface area (Å²) in [7, 11) is 0. The molecule has 0 aromatic carbocycles. The molecule has 0 heterocycles. The van der Waals surface area contributed by atoms with Crippen molar-refractivity contribution >= 4 is 5.97 Å². The van der Waals surface area contributed by atoms with Crippen molar-refractivity contribution in [1.82, 2.24) is 0 Å². The Balaban J connectivity index is 3.69. The minimum absolute atomic E-state index is 0.0693. The number of hydrogen-bond acceptors (Lipinski definition) is 2. The highest BCUT2D eigenvalue weighted by atomic mass is 16.5. The Kier molecular flexibility index (Phi) is 4.64. The van der Waals surface area contributed by atoms with Crippen molar-refractivity contribution in [3.05, 3.63) is 12.7 Å². The van der Waals surface area contributed by atoms with Gasteiger partial charge >= 0.3 is 5.97 Å². The zero-order valence-electron chi connectivity index (χ0n) is 8.22. The Morgan fingerprint density at radius 2 is 2.17 bits per heavy atom. The fraction of sp³-hybridized carbons (Fsp3) is 0.700. The fourth-order valence-electron chi connectivity index (χ4n) is 0.862. The monoisotopic (exact) mass is 170 g/mol. The van der Waals surface area contributed by atoms with Gasteiger partial charge in [-0.15, -0.1) is 6.58 Å². The van der Waals surface area contributed by atoms with Gasteiger partial charge in [-0.3, -0.25) is 4.79 Å². The van der Waals surface area contributed by atoms with Crippen LogP contribution in [0.25, 0.3) is 0 Å². The molecule has 0 atom stereocenters. The van der Waals surface area contributed by atoms with E-state index in [1.807, 2.05) is 6.08 Å². The maximum absolute atomic E-state index is 10.5. The van der Waals surface area contributed by atoms with Crippen molar-refractivity contribution in [2.75, 3.05) is 6.61 Å². The molecule has 0 rings (SSSR count). The van der Waals surface area contributed by atoms with E-state index in [1.54, 1.807) is 0 Å². The van der Waals surface area contributed by atoms with Crippen molar-refractivity contribution < 1.29 is 9.53 Å². The van der Waals surface area contributed by atoms with Gasteiger partial charge in [0.05, 0.1) is 6.61 Å². The van der Waals surface area contributed by atoms with E-state index in [9.17, 15) is 4.79 Å². The first-order chi connectivity index (χ1) is 5.48. The van der Waals surface area contributed by atoms with Gasteiger partial charge in [0.2, 0.25) is 0 Å². The van der Waals surface area contributed by atoms with E-state index in [4.69, 9.17) is 4.74 Å². The van der Waals surface area contributed by atoms with Crippen molar-refractivity contribution in [2.24, 2.45) is 5.41 Å². The van der Waals surface area contributed by atoms with Crippen LogP contribution in [0.5, 0.6) is 0 Å². The molecule has 2 nitrogen and oxygen atoms in total. The molecule has 12 heavy (non-hydrogen) atoms. The average molecular weight is 170 g/mol. The number of esters is 1. The summed E-state index contributed by atoms with van der Waals surface area (Å²) in [6.07, 6.45) is 3.85. The molecular weight excluding hydrogens is 152 g/mol. The first-order valence-corrected chi connectivity index (χ1v) is 4.22. The van der Waals surface area contributed by atoms with Crippen molar-refractivity contribution in [1.29, 1.82) is 0 Å². The first-order valence-electron chi connectivity index (χ1n) is 4.22. The van der Waals surface area contributed by atoms with Crippen LogP contribution in [0.2, 0.25) is 0 Å². The third-order valence-electron chi connectivity index (χ3n) is 1.69. The molecule has 0 unspecified atom stereocenters. The Morgan fingerprint density at radius 3 is 2.58 bits per heavy atom. The van der Waals surface area contributed by atoms with Gasteiger partial charge in [0.25, 0.3) is 0 Å². The van der Waals surface area contributed by atoms with Gasteiger partial charge in [-0.25, -0.2) is 0 Å². The van der Waals surface area contributed by atoms with E-state index in [0.717, 1.165) is 12.8 Å². The van der Waals surface area contributed by atoms with Gasteiger partial charge in [0, 0.05) is 6.92 Å². The summed E-state index contributed by atoms with van der Waals surface area (Å²) in [5, 5.41) is 0. The lowest BCUT2D eigenvalue weighted by molar-refractivity contribution is -0.144. The number of hydrogen-bond donors (Lipinski definition) is 0. The highest BCUT2D eigenvalue weighted by Gasteiger charge is 2.18. The Bertz CT molecular complexity index is 159. The summed E-state index contributed by atoms with van der Waals surface area (Å²) < 4.78 is 4.93. The Labute approximate surface area is 74.6 Å². The quantitative estimate of drug-likeness (QED) is 0.468. The maximum Gasteiger partial charge on any atom is 0.302 e. The standard InChI is InChI=1S/C10H18O2/c1-5-6-7-10(3,4)8-12-9(2)11/h5H,1,6-8H2,2-4H3. The van der Waals surface area contributed by atoms with Crippen molar-refractivity contribution in [3.63, 3.8) is 0 Å². The normalized spacial score (nSPS) is 10.9. The molecule has 0 bridgehead atoms. The largest absolute Gasteiger partial charge is 0.465 e. The van der Waals surface area contributed by atoms with Gasteiger partial charge in [0.1, 0.15) is 0 Å². The van der Waals surface area contributed by atoms with Crippen LogP contribution in [0.15, 0.2) is 12.7 Å². The van der Waals surface area contributed by atoms with E-state index < -0.39 is 0 Å². The van der Waals surface area contributed by atoms with Gasteiger partial charge in [-0.05, 0) is 18.3 Å². The molecule has 0 radical (unpaired) electrons. The van der Waals surface area contributed by atoms with Crippen LogP contribution in [0.1, 0.15) is 33.6 Å². The molecule has 0 N–H and O–H groups in total. The lowest BCUT2D eigenvalue weighted by Gasteiger charge is -2.22. The molecule has 0 fully saturated rings. The van der Waals surface area contributed by atoms with Gasteiger partial charge < -0.3 is 4.74 Å². The summed E-state index contributed by atoms with van der Waals surface area (Å²) in [6.45, 7) is 9.75. The molecule has 0 aliphatic carbocycles. The summed E-state index contributed by atoms with van der Waals surface area (Å²) >= 11 is 0. The lowest BCUT2D eigenvalue weighted by Crippen LogP contribution is -2.20. The number of carbonyl (C=O) groups excluding carboxylic acids is 1. The molecule has 2 heteroatoms. The second-order valence-electron chi connectivity index (χ2n) is 3.77. The zero-order valence-corrected chi connectivity index (χ0v) is 8.22. The van der Waals surface area contributed by atoms with Gasteiger partial charge in [-0.1, -0.05) is 19.9 Å². The predicted molar refractivity (Wildman–Crippen MR) is 49.8 cm³/mol. The van der Waals surface area contributed by atoms with E-state index in [-0.39, 0.29) is 11.4 Å². The topological polar surface area (TPSA) is 26.3 Å². The molecule has 0 aromatic rings. The summed E-state index contributed by atoms with van der Waals surface area (Å²) in [4.78, 5) is 10.5. The second kappa shape index (κ2) is 4.96. The van der Waals surface area contributed by atoms with Crippen LogP contribution in [0, 0.1) is 5.41 Å². The molecule has 0 amide bonds. The molecule has 70 valence electrons. The highest BCUT2D eigenvalue weighted by Crippen LogP contribution is 2.22. The number of carbonyl (C=O) groups is 1. The number of rotatable bonds is 5. The Morgan fingerprint density at radius 1 is 1.58 bits per heavy atom. The zero-order chi connectivity index (χ0) is 9.61. The first kappa shape index (κ1) is 11.2. The van der Waals surface area contributed by atoms with E-state index in [2.05, 4.69) is 20.4 Å². The summed E-state index contributed by atoms with van der Waals surface area (Å²) in [5.74, 6) is -0.207. The van der Waals surface area contributed by atoms with E-state index in [1.165, 1.54) is 6.92 Å². The predicted octanol–water partition coefficient (Wildman–Crippen LogP) is 2.54. The van der Waals surface area contributed by atoms with E-state index in [0.29, 0.717) is 6.61 Å². The average Bonchev–Trinajstić information content (AvgIpc) is 1.98. The second-order valence-corrected chi connectivity index (χ2v) is 3.77. The minimum Gasteiger partial charge on any atom is -0.465 e. The van der Waals surface area contributed by atoms with Crippen LogP contribution in [0.4, 0.5) is 0 Å². The van der Waals surface area contributed by atoms with Crippen LogP contribution in [-0.2, 0) is 9.53 Å². The smallest absolute Gasteiger partial charge is 0.302 e.